The van der Waals surface area contributed by atoms with E-state index in [4.69, 9.17) is 21.1 Å². The Hall–Kier alpha value is -0.730. The van der Waals surface area contributed by atoms with Gasteiger partial charge in [-0.25, -0.2) is 0 Å². The Balaban J connectivity index is 1.99. The summed E-state index contributed by atoms with van der Waals surface area (Å²) >= 11 is 5.96. The summed E-state index contributed by atoms with van der Waals surface area (Å²) in [5.41, 5.74) is 0. The van der Waals surface area contributed by atoms with Crippen LogP contribution in [0.4, 0.5) is 0 Å². The summed E-state index contributed by atoms with van der Waals surface area (Å²) in [6, 6.07) is 7.47. The molecule has 1 aliphatic rings. The van der Waals surface area contributed by atoms with E-state index in [2.05, 4.69) is 0 Å². The molecule has 14 heavy (non-hydrogen) atoms. The molecule has 1 saturated heterocycles. The van der Waals surface area contributed by atoms with Gasteiger partial charge in [0.2, 0.25) is 0 Å². The molecular formula is C11H13ClO2. The number of halogens is 1. The lowest BCUT2D eigenvalue weighted by molar-refractivity contribution is -0.105. The molecule has 0 radical (unpaired) electrons. The van der Waals surface area contributed by atoms with Crippen molar-refractivity contribution in [3.8, 4) is 5.75 Å². The molecule has 1 aromatic carbocycles. The van der Waals surface area contributed by atoms with Crippen molar-refractivity contribution in [2.24, 2.45) is 0 Å². The van der Waals surface area contributed by atoms with Gasteiger partial charge in [-0.15, -0.1) is 0 Å². The van der Waals surface area contributed by atoms with Crippen molar-refractivity contribution in [1.82, 2.24) is 0 Å². The quantitative estimate of drug-likeness (QED) is 0.749. The summed E-state index contributed by atoms with van der Waals surface area (Å²) in [6.45, 7) is 0.787. The molecular weight excluding hydrogens is 200 g/mol. The Morgan fingerprint density at radius 1 is 1.29 bits per heavy atom. The minimum Gasteiger partial charge on any atom is -0.463 e. The van der Waals surface area contributed by atoms with Gasteiger partial charge < -0.3 is 9.47 Å². The van der Waals surface area contributed by atoms with E-state index in [0.29, 0.717) is 10.8 Å². The Morgan fingerprint density at radius 3 is 2.86 bits per heavy atom. The lowest BCUT2D eigenvalue weighted by atomic mass is 10.2. The first kappa shape index (κ1) is 9.81. The van der Waals surface area contributed by atoms with Crippen LogP contribution in [0, 0.1) is 0 Å². The van der Waals surface area contributed by atoms with Crippen molar-refractivity contribution in [2.75, 3.05) is 6.61 Å². The molecule has 1 heterocycles. The van der Waals surface area contributed by atoms with E-state index in [1.165, 1.54) is 0 Å². The second-order valence-electron chi connectivity index (χ2n) is 3.34. The highest BCUT2D eigenvalue weighted by molar-refractivity contribution is 6.32. The standard InChI is InChI=1S/C11H13ClO2/c12-9-5-1-2-6-10(9)14-11-7-3-4-8-13-11/h1-2,5-6,11H,3-4,7-8H2. The van der Waals surface area contributed by atoms with Crippen LogP contribution in [0.2, 0.25) is 5.02 Å². The molecule has 1 aliphatic heterocycles. The van der Waals surface area contributed by atoms with Crippen LogP contribution in [0.1, 0.15) is 19.3 Å². The van der Waals surface area contributed by atoms with Crippen LogP contribution in [-0.4, -0.2) is 12.9 Å². The van der Waals surface area contributed by atoms with Crippen LogP contribution in [0.5, 0.6) is 5.75 Å². The van der Waals surface area contributed by atoms with E-state index >= 15 is 0 Å². The SMILES string of the molecule is Clc1ccccc1OC1CCCCO1. The molecule has 0 bridgehead atoms. The Bertz CT molecular complexity index is 295. The molecule has 3 heteroatoms. The number of hydrogen-bond acceptors (Lipinski definition) is 2. The van der Waals surface area contributed by atoms with Crippen LogP contribution in [0.25, 0.3) is 0 Å². The van der Waals surface area contributed by atoms with E-state index in [0.717, 1.165) is 25.9 Å². The zero-order valence-corrected chi connectivity index (χ0v) is 8.67. The first-order valence-electron chi connectivity index (χ1n) is 4.89. The van der Waals surface area contributed by atoms with Gasteiger partial charge in [0.05, 0.1) is 11.6 Å². The van der Waals surface area contributed by atoms with Gasteiger partial charge >= 0.3 is 0 Å². The largest absolute Gasteiger partial charge is 0.463 e. The molecule has 1 unspecified atom stereocenters. The van der Waals surface area contributed by atoms with Crippen LogP contribution < -0.4 is 4.74 Å². The summed E-state index contributed by atoms with van der Waals surface area (Å²) in [7, 11) is 0. The van der Waals surface area contributed by atoms with Gasteiger partial charge in [-0.1, -0.05) is 23.7 Å². The number of benzene rings is 1. The highest BCUT2D eigenvalue weighted by atomic mass is 35.5. The van der Waals surface area contributed by atoms with E-state index in [9.17, 15) is 0 Å². The van der Waals surface area contributed by atoms with Gasteiger partial charge in [-0.05, 0) is 25.0 Å². The summed E-state index contributed by atoms with van der Waals surface area (Å²) in [6.07, 6.45) is 3.12. The molecule has 0 aromatic heterocycles. The first-order valence-corrected chi connectivity index (χ1v) is 5.27. The van der Waals surface area contributed by atoms with Gasteiger partial charge in [0.15, 0.2) is 6.29 Å². The molecule has 0 saturated carbocycles. The number of rotatable bonds is 2. The van der Waals surface area contributed by atoms with E-state index in [1.54, 1.807) is 0 Å². The predicted molar refractivity (Wildman–Crippen MR) is 55.7 cm³/mol. The normalized spacial score (nSPS) is 21.9. The lowest BCUT2D eigenvalue weighted by Crippen LogP contribution is -2.25. The van der Waals surface area contributed by atoms with E-state index < -0.39 is 0 Å². The number of para-hydroxylation sites is 1. The Kier molecular flexibility index (Phi) is 3.27. The van der Waals surface area contributed by atoms with Crippen LogP contribution in [0.3, 0.4) is 0 Å². The minimum absolute atomic E-state index is 0.122. The van der Waals surface area contributed by atoms with Crippen molar-refractivity contribution < 1.29 is 9.47 Å². The average molecular weight is 213 g/mol. The second-order valence-corrected chi connectivity index (χ2v) is 3.75. The van der Waals surface area contributed by atoms with Crippen molar-refractivity contribution in [2.45, 2.75) is 25.6 Å². The number of ether oxygens (including phenoxy) is 2. The zero-order valence-electron chi connectivity index (χ0n) is 7.91. The highest BCUT2D eigenvalue weighted by Crippen LogP contribution is 2.26. The molecule has 2 nitrogen and oxygen atoms in total. The maximum absolute atomic E-state index is 5.96. The van der Waals surface area contributed by atoms with E-state index in [1.807, 2.05) is 24.3 Å². The molecule has 0 aliphatic carbocycles. The number of hydrogen-bond donors (Lipinski definition) is 0. The van der Waals surface area contributed by atoms with Gasteiger partial charge in [-0.3, -0.25) is 0 Å². The third-order valence-corrected chi connectivity index (χ3v) is 2.55. The molecule has 0 N–H and O–H groups in total. The van der Waals surface area contributed by atoms with Crippen molar-refractivity contribution >= 4 is 11.6 Å². The summed E-state index contributed by atoms with van der Waals surface area (Å²) in [5, 5.41) is 0.640. The van der Waals surface area contributed by atoms with Gasteiger partial charge in [0.25, 0.3) is 0 Å². The predicted octanol–water partition coefficient (Wildman–Crippen LogP) is 3.25. The average Bonchev–Trinajstić information content (AvgIpc) is 2.23. The third-order valence-electron chi connectivity index (χ3n) is 2.23. The fourth-order valence-electron chi connectivity index (χ4n) is 1.49. The molecule has 1 atom stereocenters. The fraction of sp³-hybridized carbons (Fsp3) is 0.455. The molecule has 2 rings (SSSR count). The van der Waals surface area contributed by atoms with Crippen molar-refractivity contribution in [1.29, 1.82) is 0 Å². The van der Waals surface area contributed by atoms with E-state index in [-0.39, 0.29) is 6.29 Å². The maximum atomic E-state index is 5.96. The van der Waals surface area contributed by atoms with Crippen molar-refractivity contribution in [3.63, 3.8) is 0 Å². The van der Waals surface area contributed by atoms with Crippen LogP contribution >= 0.6 is 11.6 Å². The maximum Gasteiger partial charge on any atom is 0.199 e. The minimum atomic E-state index is -0.122. The third kappa shape index (κ3) is 2.40. The highest BCUT2D eigenvalue weighted by Gasteiger charge is 2.15. The smallest absolute Gasteiger partial charge is 0.199 e. The molecule has 1 fully saturated rings. The molecule has 0 amide bonds. The summed E-state index contributed by atoms with van der Waals surface area (Å²) in [5.74, 6) is 0.709. The zero-order chi connectivity index (χ0) is 9.80. The Labute approximate surface area is 88.8 Å². The second kappa shape index (κ2) is 4.67. The monoisotopic (exact) mass is 212 g/mol. The molecule has 1 aromatic rings. The fourth-order valence-corrected chi connectivity index (χ4v) is 1.67. The Morgan fingerprint density at radius 2 is 2.14 bits per heavy atom. The summed E-state index contributed by atoms with van der Waals surface area (Å²) in [4.78, 5) is 0. The van der Waals surface area contributed by atoms with Crippen LogP contribution in [-0.2, 0) is 4.74 Å². The lowest BCUT2D eigenvalue weighted by Gasteiger charge is -2.23. The van der Waals surface area contributed by atoms with Gasteiger partial charge in [0.1, 0.15) is 5.75 Å². The molecule has 0 spiro atoms. The summed E-state index contributed by atoms with van der Waals surface area (Å²) < 4.78 is 11.1. The van der Waals surface area contributed by atoms with Gasteiger partial charge in [-0.2, -0.15) is 0 Å². The van der Waals surface area contributed by atoms with Gasteiger partial charge in [0, 0.05) is 6.42 Å². The van der Waals surface area contributed by atoms with Crippen molar-refractivity contribution in [3.05, 3.63) is 29.3 Å². The first-order chi connectivity index (χ1) is 6.86. The van der Waals surface area contributed by atoms with Crippen LogP contribution in [0.15, 0.2) is 24.3 Å². The topological polar surface area (TPSA) is 18.5 Å². The molecule has 76 valence electrons.